The molecule has 5 rings (SSSR count). The third-order valence-corrected chi connectivity index (χ3v) is 11.0. The van der Waals surface area contributed by atoms with Crippen LogP contribution in [0.2, 0.25) is 25.7 Å². The van der Waals surface area contributed by atoms with E-state index in [9.17, 15) is 27.9 Å². The Bertz CT molecular complexity index is 1430. The molecule has 11 nitrogen and oxygen atoms in total. The Hall–Kier alpha value is -3.08. The van der Waals surface area contributed by atoms with Gasteiger partial charge in [0.1, 0.15) is 6.73 Å². The van der Waals surface area contributed by atoms with Crippen LogP contribution in [0, 0.1) is 11.7 Å². The summed E-state index contributed by atoms with van der Waals surface area (Å²) >= 11 is 0. The third kappa shape index (κ3) is 7.98. The lowest BCUT2D eigenvalue weighted by atomic mass is 9.80. The number of rotatable bonds is 10. The highest BCUT2D eigenvalue weighted by Gasteiger charge is 2.55. The van der Waals surface area contributed by atoms with Gasteiger partial charge in [-0.2, -0.15) is 18.3 Å². The highest BCUT2D eigenvalue weighted by atomic mass is 28.3. The molecule has 260 valence electrons. The lowest BCUT2D eigenvalue weighted by molar-refractivity contribution is -0.270. The number of ether oxygens (including phenoxy) is 3. The predicted octanol–water partition coefficient (Wildman–Crippen LogP) is 4.38. The second-order valence-corrected chi connectivity index (χ2v) is 19.6. The van der Waals surface area contributed by atoms with E-state index < -0.39 is 62.6 Å². The van der Waals surface area contributed by atoms with E-state index in [1.165, 1.54) is 23.9 Å². The molecule has 2 unspecified atom stereocenters. The van der Waals surface area contributed by atoms with Gasteiger partial charge < -0.3 is 29.5 Å². The van der Waals surface area contributed by atoms with Gasteiger partial charge in [-0.1, -0.05) is 19.6 Å². The van der Waals surface area contributed by atoms with Crippen LogP contribution in [0.15, 0.2) is 18.3 Å². The van der Waals surface area contributed by atoms with Crippen LogP contribution in [0.25, 0.3) is 11.3 Å². The summed E-state index contributed by atoms with van der Waals surface area (Å²) in [5.74, 6) is -1.55. The van der Waals surface area contributed by atoms with E-state index in [-0.39, 0.29) is 61.7 Å². The summed E-state index contributed by atoms with van der Waals surface area (Å²) in [7, 11) is 0.0459. The van der Waals surface area contributed by atoms with Crippen LogP contribution in [-0.4, -0.2) is 101 Å². The molecule has 1 saturated carbocycles. The number of morpholine rings is 1. The summed E-state index contributed by atoms with van der Waals surface area (Å²) < 4.78 is 73.0. The number of nitrogens with one attached hydrogen (secondary N) is 1. The third-order valence-electron chi connectivity index (χ3n) is 9.34. The Balaban J connectivity index is 1.30. The van der Waals surface area contributed by atoms with E-state index in [2.05, 4.69) is 35.0 Å². The fraction of sp³-hybridized carbons (Fsp3) is 0.677. The molecule has 2 N–H and O–H groups in total. The summed E-state index contributed by atoms with van der Waals surface area (Å²) in [6.07, 6.45) is -3.97. The van der Waals surface area contributed by atoms with E-state index in [1.807, 2.05) is 0 Å². The second kappa shape index (κ2) is 13.8. The SMILES string of the molecule is COc1cc(-c2cc(C(=O)N3C4COCC3CC(C(=O)NC3CCC(O)(C(F)(F)F)CC3)C4)nn2COCC[Si](C)(C)C)c(F)cn1. The van der Waals surface area contributed by atoms with E-state index in [4.69, 9.17) is 14.2 Å². The molecule has 2 aliphatic heterocycles. The Labute approximate surface area is 272 Å². The van der Waals surface area contributed by atoms with Crippen molar-refractivity contribution >= 4 is 19.9 Å². The molecule has 3 aliphatic rings. The first-order valence-corrected chi connectivity index (χ1v) is 19.6. The molecule has 47 heavy (non-hydrogen) atoms. The summed E-state index contributed by atoms with van der Waals surface area (Å²) in [5.41, 5.74) is -2.17. The molecule has 0 spiro atoms. The van der Waals surface area contributed by atoms with Gasteiger partial charge in [0, 0.05) is 38.3 Å². The number of fused-ring (bicyclic) bond motifs is 2. The predicted molar refractivity (Wildman–Crippen MR) is 165 cm³/mol. The number of alkyl halides is 3. The lowest BCUT2D eigenvalue weighted by Crippen LogP contribution is -2.61. The zero-order valence-corrected chi connectivity index (χ0v) is 28.1. The van der Waals surface area contributed by atoms with Crippen molar-refractivity contribution in [3.05, 3.63) is 29.8 Å². The minimum absolute atomic E-state index is 0.00305. The van der Waals surface area contributed by atoms with E-state index >= 15 is 4.39 Å². The first-order valence-electron chi connectivity index (χ1n) is 15.9. The fourth-order valence-corrected chi connectivity index (χ4v) is 7.29. The molecule has 2 saturated heterocycles. The Morgan fingerprint density at radius 3 is 2.40 bits per heavy atom. The Kier molecular flexibility index (Phi) is 10.3. The van der Waals surface area contributed by atoms with Gasteiger partial charge in [0.2, 0.25) is 11.8 Å². The number of pyridine rings is 1. The summed E-state index contributed by atoms with van der Waals surface area (Å²) in [6.45, 7) is 7.58. The number of methoxy groups -OCH3 is 1. The molecule has 2 aromatic heterocycles. The van der Waals surface area contributed by atoms with Crippen LogP contribution in [0.4, 0.5) is 17.6 Å². The van der Waals surface area contributed by atoms with Crippen molar-refractivity contribution in [2.75, 3.05) is 26.9 Å². The smallest absolute Gasteiger partial charge is 0.417 e. The Morgan fingerprint density at radius 1 is 1.15 bits per heavy atom. The molecule has 4 heterocycles. The van der Waals surface area contributed by atoms with Gasteiger partial charge in [0.05, 0.1) is 44.3 Å². The number of amides is 2. The van der Waals surface area contributed by atoms with Crippen molar-refractivity contribution in [3.63, 3.8) is 0 Å². The number of aromatic nitrogens is 3. The first-order chi connectivity index (χ1) is 22.1. The molecule has 0 radical (unpaired) electrons. The summed E-state index contributed by atoms with van der Waals surface area (Å²) in [4.78, 5) is 32.9. The molecule has 2 atom stereocenters. The lowest BCUT2D eigenvalue weighted by Gasteiger charge is -2.48. The first kappa shape index (κ1) is 35.2. The number of carbonyl (C=O) groups excluding carboxylic acids is 2. The average molecular weight is 686 g/mol. The molecular formula is C31H43F4N5O6Si. The minimum Gasteiger partial charge on any atom is -0.481 e. The maximum atomic E-state index is 15.0. The maximum absolute atomic E-state index is 15.0. The van der Waals surface area contributed by atoms with Crippen molar-refractivity contribution in [1.29, 1.82) is 0 Å². The van der Waals surface area contributed by atoms with Crippen LogP contribution in [0.5, 0.6) is 5.88 Å². The fourth-order valence-electron chi connectivity index (χ4n) is 6.53. The topological polar surface area (TPSA) is 128 Å². The molecule has 16 heteroatoms. The van der Waals surface area contributed by atoms with Gasteiger partial charge in [-0.3, -0.25) is 9.59 Å². The van der Waals surface area contributed by atoms with Crippen LogP contribution in [0.3, 0.4) is 0 Å². The van der Waals surface area contributed by atoms with Crippen molar-refractivity contribution in [2.24, 2.45) is 5.92 Å². The molecule has 2 aromatic rings. The standard InChI is InChI=1S/C31H43F4N5O6Si/c1-44-27-13-23(24(32)15-36-27)26-14-25(38-39(26)18-45-9-10-47(2,3)4)29(42)40-21-11-19(12-22(40)17-46-16-21)28(41)37-20-5-7-30(43,8-6-20)31(33,34)35/h13-15,19-22,43H,5-12,16-18H2,1-4H3,(H,37,41). The van der Waals surface area contributed by atoms with Gasteiger partial charge in [-0.05, 0) is 50.6 Å². The highest BCUT2D eigenvalue weighted by Crippen LogP contribution is 2.42. The molecule has 3 fully saturated rings. The van der Waals surface area contributed by atoms with Gasteiger partial charge in [-0.15, -0.1) is 0 Å². The van der Waals surface area contributed by atoms with E-state index in [1.54, 1.807) is 4.90 Å². The van der Waals surface area contributed by atoms with Gasteiger partial charge in [0.15, 0.2) is 17.1 Å². The Morgan fingerprint density at radius 2 is 1.81 bits per heavy atom. The number of hydrogen-bond donors (Lipinski definition) is 2. The quantitative estimate of drug-likeness (QED) is 0.215. The molecular weight excluding hydrogens is 642 g/mol. The van der Waals surface area contributed by atoms with Crippen molar-refractivity contribution in [1.82, 2.24) is 25.0 Å². The van der Waals surface area contributed by atoms with Crippen molar-refractivity contribution < 1.29 is 46.5 Å². The molecule has 0 aromatic carbocycles. The maximum Gasteiger partial charge on any atom is 0.417 e. The van der Waals surface area contributed by atoms with Crippen molar-refractivity contribution in [2.45, 2.75) is 101 Å². The average Bonchev–Trinajstić information content (AvgIpc) is 3.42. The number of aliphatic hydroxyl groups is 1. The van der Waals surface area contributed by atoms with E-state index in [0.29, 0.717) is 25.1 Å². The normalized spacial score (nSPS) is 26.6. The number of carbonyl (C=O) groups is 2. The van der Waals surface area contributed by atoms with Crippen LogP contribution < -0.4 is 10.1 Å². The summed E-state index contributed by atoms with van der Waals surface area (Å²) in [5, 5.41) is 17.4. The number of halogens is 4. The molecule has 2 amide bonds. The largest absolute Gasteiger partial charge is 0.481 e. The molecule has 1 aliphatic carbocycles. The number of piperidine rings is 1. The zero-order valence-electron chi connectivity index (χ0n) is 27.1. The van der Waals surface area contributed by atoms with Crippen LogP contribution in [-0.2, 0) is 21.0 Å². The minimum atomic E-state index is -4.71. The van der Waals surface area contributed by atoms with Gasteiger partial charge in [0.25, 0.3) is 5.91 Å². The van der Waals surface area contributed by atoms with Gasteiger partial charge >= 0.3 is 6.18 Å². The van der Waals surface area contributed by atoms with Gasteiger partial charge in [-0.25, -0.2) is 14.1 Å². The zero-order chi connectivity index (χ0) is 34.1. The monoisotopic (exact) mass is 685 g/mol. The second-order valence-electron chi connectivity index (χ2n) is 14.0. The number of hydrogen-bond acceptors (Lipinski definition) is 8. The molecule has 2 bridgehead atoms. The van der Waals surface area contributed by atoms with Crippen LogP contribution >= 0.6 is 0 Å². The summed E-state index contributed by atoms with van der Waals surface area (Å²) in [6, 6.07) is 2.52. The highest BCUT2D eigenvalue weighted by molar-refractivity contribution is 6.76. The van der Waals surface area contributed by atoms with Crippen molar-refractivity contribution in [3.8, 4) is 17.1 Å². The van der Waals surface area contributed by atoms with E-state index in [0.717, 1.165) is 12.2 Å². The van der Waals surface area contributed by atoms with Crippen LogP contribution in [0.1, 0.15) is 49.0 Å². The number of nitrogens with zero attached hydrogens (tertiary/aromatic N) is 4.